The second-order valence-corrected chi connectivity index (χ2v) is 4.19. The predicted molar refractivity (Wildman–Crippen MR) is 74.1 cm³/mol. The molecule has 0 aliphatic rings. The number of urea groups is 1. The van der Waals surface area contributed by atoms with Crippen molar-refractivity contribution in [1.82, 2.24) is 10.3 Å². The lowest BCUT2D eigenvalue weighted by Gasteiger charge is -2.06. The van der Waals surface area contributed by atoms with Crippen LogP contribution in [0.1, 0.15) is 25.7 Å². The van der Waals surface area contributed by atoms with E-state index in [2.05, 4.69) is 15.6 Å². The number of carboxylic acids is 1. The van der Waals surface area contributed by atoms with Crippen molar-refractivity contribution in [3.63, 3.8) is 0 Å². The molecule has 0 atom stereocenters. The summed E-state index contributed by atoms with van der Waals surface area (Å²) >= 11 is 0. The number of hydrogen-bond donors (Lipinski definition) is 3. The van der Waals surface area contributed by atoms with E-state index in [1.165, 1.54) is 13.3 Å². The van der Waals surface area contributed by atoms with Gasteiger partial charge in [-0.1, -0.05) is 0 Å². The van der Waals surface area contributed by atoms with Crippen LogP contribution >= 0.6 is 0 Å². The number of aliphatic carboxylic acids is 1. The first-order chi connectivity index (χ1) is 10.0. The first-order valence-corrected chi connectivity index (χ1v) is 6.34. The van der Waals surface area contributed by atoms with Crippen LogP contribution in [0.4, 0.5) is 10.5 Å². The van der Waals surface area contributed by atoms with E-state index in [0.717, 1.165) is 0 Å². The third-order valence-corrected chi connectivity index (χ3v) is 2.50. The molecule has 8 heteroatoms. The first-order valence-electron chi connectivity index (χ1n) is 6.34. The number of nitrogens with one attached hydrogen (secondary N) is 2. The molecule has 0 aliphatic carbocycles. The summed E-state index contributed by atoms with van der Waals surface area (Å²) in [7, 11) is 1.48. The van der Waals surface area contributed by atoms with Crippen molar-refractivity contribution in [1.29, 1.82) is 0 Å². The van der Waals surface area contributed by atoms with Crippen molar-refractivity contribution in [3.05, 3.63) is 18.3 Å². The highest BCUT2D eigenvalue weighted by atomic mass is 16.5. The molecule has 0 unspecified atom stereocenters. The molecule has 1 aromatic rings. The Morgan fingerprint density at radius 1 is 1.24 bits per heavy atom. The molecule has 3 N–H and O–H groups in total. The smallest absolute Gasteiger partial charge is 0.325 e. The highest BCUT2D eigenvalue weighted by Gasteiger charge is 2.08. The fourth-order valence-corrected chi connectivity index (χ4v) is 1.49. The Labute approximate surface area is 121 Å². The van der Waals surface area contributed by atoms with Crippen LogP contribution in [0.5, 0.6) is 5.88 Å². The maximum absolute atomic E-state index is 11.5. The van der Waals surface area contributed by atoms with Crippen LogP contribution in [-0.4, -0.2) is 35.1 Å². The lowest BCUT2D eigenvalue weighted by molar-refractivity contribution is -0.137. The second-order valence-electron chi connectivity index (χ2n) is 4.19. The summed E-state index contributed by atoms with van der Waals surface area (Å²) in [5.41, 5.74) is 0.423. The monoisotopic (exact) mass is 295 g/mol. The average Bonchev–Trinajstić information content (AvgIpc) is 2.44. The summed E-state index contributed by atoms with van der Waals surface area (Å²) in [6.45, 7) is 0. The quantitative estimate of drug-likeness (QED) is 0.654. The van der Waals surface area contributed by atoms with E-state index in [1.807, 2.05) is 0 Å². The molecule has 0 radical (unpaired) electrons. The minimum atomic E-state index is -0.903. The van der Waals surface area contributed by atoms with E-state index in [4.69, 9.17) is 9.84 Å². The van der Waals surface area contributed by atoms with Crippen molar-refractivity contribution < 1.29 is 24.2 Å². The first kappa shape index (κ1) is 16.4. The number of anilines is 1. The number of methoxy groups -OCH3 is 1. The van der Waals surface area contributed by atoms with Crippen molar-refractivity contribution >= 4 is 23.6 Å². The number of hydrogen-bond acceptors (Lipinski definition) is 5. The predicted octanol–water partition coefficient (Wildman–Crippen LogP) is 1.38. The van der Waals surface area contributed by atoms with Crippen molar-refractivity contribution in [3.8, 4) is 5.88 Å². The zero-order valence-electron chi connectivity index (χ0n) is 11.6. The minimum Gasteiger partial charge on any atom is -0.481 e. The van der Waals surface area contributed by atoms with E-state index in [-0.39, 0.29) is 12.8 Å². The molecule has 0 saturated heterocycles. The van der Waals surface area contributed by atoms with Gasteiger partial charge in [0, 0.05) is 18.9 Å². The zero-order valence-corrected chi connectivity index (χ0v) is 11.6. The Balaban J connectivity index is 2.28. The molecule has 8 nitrogen and oxygen atoms in total. The topological polar surface area (TPSA) is 118 Å². The van der Waals surface area contributed by atoms with Gasteiger partial charge in [-0.3, -0.25) is 14.9 Å². The molecule has 3 amide bonds. The maximum atomic E-state index is 11.5. The SMILES string of the molecule is COc1ccc(NC(=O)NC(=O)CCCCC(=O)O)cn1. The number of nitrogens with zero attached hydrogens (tertiary/aromatic N) is 1. The normalized spacial score (nSPS) is 9.76. The van der Waals surface area contributed by atoms with E-state index in [9.17, 15) is 14.4 Å². The van der Waals surface area contributed by atoms with Crippen molar-refractivity contribution in [2.24, 2.45) is 0 Å². The largest absolute Gasteiger partial charge is 0.481 e. The van der Waals surface area contributed by atoms with Crippen molar-refractivity contribution in [2.75, 3.05) is 12.4 Å². The number of ether oxygens (including phenoxy) is 1. The van der Waals surface area contributed by atoms with Gasteiger partial charge in [-0.25, -0.2) is 9.78 Å². The van der Waals surface area contributed by atoms with Gasteiger partial charge in [-0.2, -0.15) is 0 Å². The van der Waals surface area contributed by atoms with Gasteiger partial charge < -0.3 is 15.2 Å². The number of carbonyl (C=O) groups is 3. The molecule has 0 aromatic carbocycles. The number of aromatic nitrogens is 1. The summed E-state index contributed by atoms with van der Waals surface area (Å²) in [6, 6.07) is 2.50. The molecule has 0 aliphatic heterocycles. The molecule has 114 valence electrons. The fraction of sp³-hybridized carbons (Fsp3) is 0.385. The molecular formula is C13H17N3O5. The van der Waals surface area contributed by atoms with E-state index < -0.39 is 17.9 Å². The number of amides is 3. The lowest BCUT2D eigenvalue weighted by atomic mass is 10.2. The Hall–Kier alpha value is -2.64. The molecular weight excluding hydrogens is 278 g/mol. The summed E-state index contributed by atoms with van der Waals surface area (Å²) in [4.78, 5) is 37.1. The maximum Gasteiger partial charge on any atom is 0.325 e. The van der Waals surface area contributed by atoms with Crippen LogP contribution in [-0.2, 0) is 9.59 Å². The molecule has 0 fully saturated rings. The fourth-order valence-electron chi connectivity index (χ4n) is 1.49. The number of rotatable bonds is 7. The number of imide groups is 1. The van der Waals surface area contributed by atoms with Crippen LogP contribution in [0.15, 0.2) is 18.3 Å². The number of pyridine rings is 1. The van der Waals surface area contributed by atoms with Crippen LogP contribution in [0.25, 0.3) is 0 Å². The van der Waals surface area contributed by atoms with Crippen LogP contribution in [0, 0.1) is 0 Å². The number of carbonyl (C=O) groups excluding carboxylic acids is 2. The highest BCUT2D eigenvalue weighted by molar-refractivity contribution is 6.01. The van der Waals surface area contributed by atoms with E-state index in [0.29, 0.717) is 24.4 Å². The van der Waals surface area contributed by atoms with Gasteiger partial charge in [0.2, 0.25) is 11.8 Å². The third kappa shape index (κ3) is 6.90. The van der Waals surface area contributed by atoms with Gasteiger partial charge in [0.1, 0.15) is 0 Å². The van der Waals surface area contributed by atoms with Crippen LogP contribution < -0.4 is 15.4 Å². The summed E-state index contributed by atoms with van der Waals surface area (Å²) < 4.78 is 4.88. The van der Waals surface area contributed by atoms with Gasteiger partial charge in [-0.15, -0.1) is 0 Å². The van der Waals surface area contributed by atoms with Crippen LogP contribution in [0.3, 0.4) is 0 Å². The molecule has 1 aromatic heterocycles. The average molecular weight is 295 g/mol. The lowest BCUT2D eigenvalue weighted by Crippen LogP contribution is -2.34. The third-order valence-electron chi connectivity index (χ3n) is 2.50. The van der Waals surface area contributed by atoms with E-state index in [1.54, 1.807) is 12.1 Å². The Morgan fingerprint density at radius 2 is 1.95 bits per heavy atom. The highest BCUT2D eigenvalue weighted by Crippen LogP contribution is 2.10. The van der Waals surface area contributed by atoms with Gasteiger partial charge >= 0.3 is 12.0 Å². The second kappa shape index (κ2) is 8.51. The van der Waals surface area contributed by atoms with Gasteiger partial charge in [0.05, 0.1) is 19.0 Å². The number of unbranched alkanes of at least 4 members (excludes halogenated alkanes) is 1. The summed E-state index contributed by atoms with van der Waals surface area (Å²) in [6.07, 6.45) is 2.32. The van der Waals surface area contributed by atoms with Crippen molar-refractivity contribution in [2.45, 2.75) is 25.7 Å². The standard InChI is InChI=1S/C13H17N3O5/c1-21-11-7-6-9(8-14-11)15-13(20)16-10(17)4-2-3-5-12(18)19/h6-8H,2-5H2,1H3,(H,18,19)(H2,15,16,17,20). The minimum absolute atomic E-state index is 0.0109. The van der Waals surface area contributed by atoms with Gasteiger partial charge in [-0.05, 0) is 18.9 Å². The summed E-state index contributed by atoms with van der Waals surface area (Å²) in [5.74, 6) is -0.949. The Bertz CT molecular complexity index is 501. The molecule has 0 spiro atoms. The van der Waals surface area contributed by atoms with E-state index >= 15 is 0 Å². The summed E-state index contributed by atoms with van der Waals surface area (Å²) in [5, 5.41) is 13.0. The molecule has 1 heterocycles. The molecule has 0 bridgehead atoms. The molecule has 0 saturated carbocycles. The Morgan fingerprint density at radius 3 is 2.52 bits per heavy atom. The molecule has 1 rings (SSSR count). The van der Waals surface area contributed by atoms with Gasteiger partial charge in [0.25, 0.3) is 0 Å². The Kier molecular flexibility index (Phi) is 6.66. The van der Waals surface area contributed by atoms with Crippen LogP contribution in [0.2, 0.25) is 0 Å². The van der Waals surface area contributed by atoms with Gasteiger partial charge in [0.15, 0.2) is 0 Å². The zero-order chi connectivity index (χ0) is 15.7. The number of carboxylic acid groups (broad SMARTS) is 1. The molecule has 21 heavy (non-hydrogen) atoms.